The molecule has 0 aromatic heterocycles. The van der Waals surface area contributed by atoms with Crippen LogP contribution in [-0.2, 0) is 14.8 Å². The third kappa shape index (κ3) is 6.19. The summed E-state index contributed by atoms with van der Waals surface area (Å²) in [7, 11) is -1.21. The van der Waals surface area contributed by atoms with Gasteiger partial charge in [-0.2, -0.15) is 0 Å². The summed E-state index contributed by atoms with van der Waals surface area (Å²) in [6.45, 7) is 4.14. The van der Waals surface area contributed by atoms with Crippen LogP contribution in [0.15, 0.2) is 47.4 Å². The Morgan fingerprint density at radius 2 is 1.70 bits per heavy atom. The Balaban J connectivity index is 2.17. The van der Waals surface area contributed by atoms with E-state index in [1.165, 1.54) is 32.4 Å². The molecule has 0 spiro atoms. The van der Waals surface area contributed by atoms with Gasteiger partial charge in [-0.25, -0.2) is 17.9 Å². The first kappa shape index (κ1) is 23.2. The van der Waals surface area contributed by atoms with E-state index in [1.54, 1.807) is 24.3 Å². The van der Waals surface area contributed by atoms with Crippen LogP contribution in [0.1, 0.15) is 24.2 Å². The van der Waals surface area contributed by atoms with Gasteiger partial charge in [-0.15, -0.1) is 0 Å². The minimum atomic E-state index is -3.82. The molecule has 162 valence electrons. The molecule has 0 unspecified atom stereocenters. The number of nitrogens with one attached hydrogen (secondary N) is 3. The van der Waals surface area contributed by atoms with Crippen LogP contribution in [0.2, 0.25) is 0 Å². The topological polar surface area (TPSA) is 123 Å². The summed E-state index contributed by atoms with van der Waals surface area (Å²) in [4.78, 5) is 24.3. The number of rotatable bonds is 8. The second-order valence-electron chi connectivity index (χ2n) is 6.73. The van der Waals surface area contributed by atoms with E-state index in [0.717, 1.165) is 0 Å². The van der Waals surface area contributed by atoms with Gasteiger partial charge in [-0.3, -0.25) is 10.1 Å². The zero-order valence-corrected chi connectivity index (χ0v) is 18.0. The van der Waals surface area contributed by atoms with Crippen molar-refractivity contribution in [3.05, 3.63) is 48.0 Å². The van der Waals surface area contributed by atoms with Crippen molar-refractivity contribution in [2.45, 2.75) is 18.7 Å². The Hall–Kier alpha value is -3.11. The third-order valence-corrected chi connectivity index (χ3v) is 5.33. The highest BCUT2D eigenvalue weighted by Crippen LogP contribution is 2.25. The van der Waals surface area contributed by atoms with E-state index in [2.05, 4.69) is 15.4 Å². The third-order valence-electron chi connectivity index (χ3n) is 3.90. The van der Waals surface area contributed by atoms with Crippen LogP contribution in [0.3, 0.4) is 0 Å². The molecule has 0 fully saturated rings. The number of hydrogen-bond donors (Lipinski definition) is 3. The maximum Gasteiger partial charge on any atom is 0.411 e. The van der Waals surface area contributed by atoms with Gasteiger partial charge in [0, 0.05) is 16.9 Å². The normalized spacial score (nSPS) is 11.1. The van der Waals surface area contributed by atoms with Crippen LogP contribution in [0.4, 0.5) is 16.2 Å². The minimum absolute atomic E-state index is 0.118. The molecular formula is C20H25N3O6S. The molecule has 0 aliphatic rings. The van der Waals surface area contributed by atoms with E-state index >= 15 is 0 Å². The molecule has 0 saturated carbocycles. The summed E-state index contributed by atoms with van der Waals surface area (Å²) in [5.74, 6) is -0.195. The van der Waals surface area contributed by atoms with Crippen LogP contribution in [0.25, 0.3) is 0 Å². The van der Waals surface area contributed by atoms with Crippen LogP contribution in [0.5, 0.6) is 5.75 Å². The van der Waals surface area contributed by atoms with E-state index in [-0.39, 0.29) is 28.7 Å². The quantitative estimate of drug-likeness (QED) is 0.586. The van der Waals surface area contributed by atoms with Crippen molar-refractivity contribution in [2.24, 2.45) is 5.92 Å². The molecule has 2 rings (SSSR count). The van der Waals surface area contributed by atoms with Crippen molar-refractivity contribution in [2.75, 3.05) is 31.4 Å². The fourth-order valence-corrected chi connectivity index (χ4v) is 3.33. The Kier molecular flexibility index (Phi) is 7.79. The highest BCUT2D eigenvalue weighted by atomic mass is 32.2. The zero-order chi connectivity index (χ0) is 22.3. The first-order chi connectivity index (χ1) is 14.2. The number of sulfonamides is 1. The van der Waals surface area contributed by atoms with Gasteiger partial charge in [0.25, 0.3) is 5.91 Å². The lowest BCUT2D eigenvalue weighted by Crippen LogP contribution is -2.20. The Bertz CT molecular complexity index is 1020. The number of anilines is 2. The van der Waals surface area contributed by atoms with E-state index in [0.29, 0.717) is 11.4 Å². The van der Waals surface area contributed by atoms with Gasteiger partial charge in [0.1, 0.15) is 10.6 Å². The zero-order valence-electron chi connectivity index (χ0n) is 17.2. The van der Waals surface area contributed by atoms with Gasteiger partial charge in [-0.05, 0) is 49.4 Å². The lowest BCUT2D eigenvalue weighted by atomic mass is 10.2. The Morgan fingerprint density at radius 1 is 1.03 bits per heavy atom. The van der Waals surface area contributed by atoms with Crippen molar-refractivity contribution in [1.82, 2.24) is 4.72 Å². The monoisotopic (exact) mass is 435 g/mol. The summed E-state index contributed by atoms with van der Waals surface area (Å²) < 4.78 is 36.7. The molecular weight excluding hydrogens is 410 g/mol. The molecule has 0 saturated heterocycles. The molecule has 10 heteroatoms. The molecule has 0 aliphatic carbocycles. The summed E-state index contributed by atoms with van der Waals surface area (Å²) >= 11 is 0. The molecule has 2 aromatic rings. The average molecular weight is 436 g/mol. The fraction of sp³-hybridized carbons (Fsp3) is 0.300. The van der Waals surface area contributed by atoms with E-state index in [4.69, 9.17) is 9.47 Å². The number of hydrogen-bond acceptors (Lipinski definition) is 6. The standard InChI is InChI=1S/C20H25N3O6S/c1-13(2)12-29-20(25)23-16-7-5-6-15(11-16)22-19(24)14-8-9-17(28-4)18(10-14)30(26,27)21-3/h5-11,13,21H,12H2,1-4H3,(H,22,24)(H,23,25). The number of carbonyl (C=O) groups is 2. The largest absolute Gasteiger partial charge is 0.495 e. The lowest BCUT2D eigenvalue weighted by molar-refractivity contribution is 0.102. The molecule has 0 radical (unpaired) electrons. The lowest BCUT2D eigenvalue weighted by Gasteiger charge is -2.12. The van der Waals surface area contributed by atoms with Gasteiger partial charge in [-0.1, -0.05) is 19.9 Å². The average Bonchev–Trinajstić information content (AvgIpc) is 2.72. The van der Waals surface area contributed by atoms with Crippen molar-refractivity contribution in [3.63, 3.8) is 0 Å². The summed E-state index contributed by atoms with van der Waals surface area (Å²) in [6, 6.07) is 10.6. The van der Waals surface area contributed by atoms with Crippen LogP contribution in [-0.4, -0.2) is 41.2 Å². The highest BCUT2D eigenvalue weighted by Gasteiger charge is 2.20. The molecule has 3 N–H and O–H groups in total. The van der Waals surface area contributed by atoms with Gasteiger partial charge >= 0.3 is 6.09 Å². The number of methoxy groups -OCH3 is 1. The fourth-order valence-electron chi connectivity index (χ4n) is 2.41. The molecule has 0 bridgehead atoms. The van der Waals surface area contributed by atoms with Gasteiger partial charge in [0.2, 0.25) is 10.0 Å². The number of ether oxygens (including phenoxy) is 2. The van der Waals surface area contributed by atoms with Crippen molar-refractivity contribution in [1.29, 1.82) is 0 Å². The highest BCUT2D eigenvalue weighted by molar-refractivity contribution is 7.89. The Labute approximate surface area is 175 Å². The first-order valence-electron chi connectivity index (χ1n) is 9.13. The van der Waals surface area contributed by atoms with Crippen LogP contribution < -0.4 is 20.1 Å². The van der Waals surface area contributed by atoms with Crippen molar-refractivity contribution >= 4 is 33.4 Å². The molecule has 0 aliphatic heterocycles. The van der Waals surface area contributed by atoms with Gasteiger partial charge in [0.05, 0.1) is 13.7 Å². The van der Waals surface area contributed by atoms with Crippen LogP contribution >= 0.6 is 0 Å². The summed E-state index contributed by atoms with van der Waals surface area (Å²) in [5, 5.41) is 5.25. The SMILES string of the molecule is CNS(=O)(=O)c1cc(C(=O)Nc2cccc(NC(=O)OCC(C)C)c2)ccc1OC. The maximum absolute atomic E-state index is 12.6. The number of amides is 2. The summed E-state index contributed by atoms with van der Waals surface area (Å²) in [5.41, 5.74) is 0.976. The van der Waals surface area contributed by atoms with E-state index < -0.39 is 22.0 Å². The molecule has 30 heavy (non-hydrogen) atoms. The van der Waals surface area contributed by atoms with Gasteiger partial charge < -0.3 is 14.8 Å². The van der Waals surface area contributed by atoms with E-state index in [9.17, 15) is 18.0 Å². The molecule has 9 nitrogen and oxygen atoms in total. The predicted molar refractivity (Wildman–Crippen MR) is 113 cm³/mol. The number of carbonyl (C=O) groups excluding carboxylic acids is 2. The Morgan fingerprint density at radius 3 is 2.30 bits per heavy atom. The number of benzene rings is 2. The molecule has 2 amide bonds. The van der Waals surface area contributed by atoms with Crippen molar-refractivity contribution < 1.29 is 27.5 Å². The first-order valence-corrected chi connectivity index (χ1v) is 10.6. The van der Waals surface area contributed by atoms with E-state index in [1.807, 2.05) is 13.8 Å². The smallest absolute Gasteiger partial charge is 0.411 e. The summed E-state index contributed by atoms with van der Waals surface area (Å²) in [6.07, 6.45) is -0.593. The molecule has 0 heterocycles. The minimum Gasteiger partial charge on any atom is -0.495 e. The second kappa shape index (κ2) is 10.1. The molecule has 0 atom stereocenters. The van der Waals surface area contributed by atoms with Gasteiger partial charge in [0.15, 0.2) is 0 Å². The van der Waals surface area contributed by atoms with Crippen LogP contribution in [0, 0.1) is 5.92 Å². The maximum atomic E-state index is 12.6. The predicted octanol–water partition coefficient (Wildman–Crippen LogP) is 3.06. The molecule has 2 aromatic carbocycles. The second-order valence-corrected chi connectivity index (χ2v) is 8.58. The van der Waals surface area contributed by atoms with Crippen molar-refractivity contribution in [3.8, 4) is 5.75 Å².